The third-order valence-corrected chi connectivity index (χ3v) is 9.42. The second-order valence-electron chi connectivity index (χ2n) is 11.9. The first kappa shape index (κ1) is 28.2. The van der Waals surface area contributed by atoms with E-state index in [1.807, 2.05) is 24.3 Å². The van der Waals surface area contributed by atoms with Crippen molar-refractivity contribution in [2.75, 3.05) is 0 Å². The number of hydrogen-bond acceptors (Lipinski definition) is 2. The molecule has 0 amide bonds. The number of carbonyl (C=O) groups excluding carboxylic acids is 1. The van der Waals surface area contributed by atoms with Gasteiger partial charge in [-0.15, -0.1) is 5.76 Å². The number of para-hydroxylation sites is 2. The predicted molar refractivity (Wildman–Crippen MR) is 170 cm³/mol. The standard InChI is InChI=1S/C38H42N2O2/c1-4-6-7-8-9-13-24-32-34(29-21-15-16-22-30(29)39(32)5-2)36-37(41)35(38(36)42)33-26(3)40(25-27-18-11-10-12-19-27)31-23-17-14-20-28(31)33/h10-12,14-23,33,35H,4-9,13,24-25H2,1-3H3. The fraction of sp³-hybridized carbons (Fsp3) is 0.368. The number of ketones is 1. The molecule has 4 nitrogen and oxygen atoms in total. The van der Waals surface area contributed by atoms with Gasteiger partial charge in [0.1, 0.15) is 0 Å². The lowest BCUT2D eigenvalue weighted by Crippen LogP contribution is -2.42. The average Bonchev–Trinajstić information content (AvgIpc) is 3.46. The largest absolute Gasteiger partial charge is 0.874 e. The molecule has 0 radical (unpaired) electrons. The van der Waals surface area contributed by atoms with Gasteiger partial charge in [-0.25, -0.2) is 0 Å². The number of Topliss-reactive ketones (excluding diaryl/α,β-unsaturated/α-hetero) is 1. The van der Waals surface area contributed by atoms with Crippen molar-refractivity contribution >= 4 is 33.7 Å². The summed E-state index contributed by atoms with van der Waals surface area (Å²) in [5.74, 6) is -0.879. The topological polar surface area (TPSA) is 48.1 Å². The molecule has 2 aliphatic rings. The van der Waals surface area contributed by atoms with Crippen LogP contribution >= 0.6 is 0 Å². The molecule has 4 heteroatoms. The zero-order chi connectivity index (χ0) is 29.2. The summed E-state index contributed by atoms with van der Waals surface area (Å²) in [6.45, 7) is 8.04. The van der Waals surface area contributed by atoms with Gasteiger partial charge in [0.05, 0.1) is 11.8 Å². The van der Waals surface area contributed by atoms with Crippen LogP contribution in [-0.2, 0) is 24.3 Å². The van der Waals surface area contributed by atoms with Crippen LogP contribution in [0.1, 0.15) is 87.6 Å². The second-order valence-corrected chi connectivity index (χ2v) is 11.9. The normalized spacial score (nSPS) is 18.2. The molecule has 0 fully saturated rings. The fourth-order valence-electron chi connectivity index (χ4n) is 7.33. The van der Waals surface area contributed by atoms with Crippen LogP contribution in [0.15, 0.2) is 84.6 Å². The molecule has 1 aliphatic heterocycles. The first-order chi connectivity index (χ1) is 20.6. The van der Waals surface area contributed by atoms with E-state index in [4.69, 9.17) is 0 Å². The first-order valence-electron chi connectivity index (χ1n) is 15.9. The number of benzene rings is 3. The van der Waals surface area contributed by atoms with Gasteiger partial charge in [-0.1, -0.05) is 106 Å². The van der Waals surface area contributed by atoms with Crippen LogP contribution in [0, 0.1) is 5.92 Å². The van der Waals surface area contributed by atoms with E-state index >= 15 is 0 Å². The van der Waals surface area contributed by atoms with Gasteiger partial charge in [0, 0.05) is 58.4 Å². The number of carbonyl (C=O) groups is 1. The van der Waals surface area contributed by atoms with Crippen LogP contribution in [0.25, 0.3) is 16.5 Å². The molecule has 0 bridgehead atoms. The molecule has 1 aliphatic carbocycles. The first-order valence-corrected chi connectivity index (χ1v) is 15.9. The number of aryl methyl sites for hydroxylation is 1. The van der Waals surface area contributed by atoms with Gasteiger partial charge < -0.3 is 9.67 Å². The van der Waals surface area contributed by atoms with E-state index in [0.29, 0.717) is 5.57 Å². The Morgan fingerprint density at radius 2 is 1.50 bits per heavy atom. The van der Waals surface area contributed by atoms with E-state index in [-0.39, 0.29) is 17.5 Å². The Labute approximate surface area is 250 Å². The quantitative estimate of drug-likeness (QED) is 0.131. The minimum atomic E-state index is -0.660. The number of allylic oxidation sites excluding steroid dienone is 2. The number of unbranched alkanes of at least 4 members (excludes halogenated alkanes) is 5. The van der Waals surface area contributed by atoms with Crippen molar-refractivity contribution in [3.63, 3.8) is 0 Å². The van der Waals surface area contributed by atoms with Gasteiger partial charge in [-0.3, -0.25) is 4.79 Å². The molecule has 42 heavy (non-hydrogen) atoms. The van der Waals surface area contributed by atoms with Crippen molar-refractivity contribution in [3.8, 4) is 0 Å². The Bertz CT molecular complexity index is 1670. The molecule has 2 unspecified atom stereocenters. The smallest absolute Gasteiger partial charge is 0.209 e. The zero-order valence-electron chi connectivity index (χ0n) is 25.2. The SMILES string of the molecule is CCCCCCCCc1c(C2=C([O-])C(C3C(C)=[N+](Cc4ccccc4)c4ccccc43)C2=O)c2ccccc2n1CC. The molecule has 0 saturated heterocycles. The van der Waals surface area contributed by atoms with Gasteiger partial charge in [0.15, 0.2) is 18.0 Å². The van der Waals surface area contributed by atoms with E-state index in [0.717, 1.165) is 65.1 Å². The van der Waals surface area contributed by atoms with Crippen LogP contribution < -0.4 is 5.11 Å². The summed E-state index contributed by atoms with van der Waals surface area (Å²) < 4.78 is 4.63. The molecule has 1 aromatic heterocycles. The molecule has 4 aromatic rings. The lowest BCUT2D eigenvalue weighted by molar-refractivity contribution is -0.456. The average molecular weight is 559 g/mol. The molecule has 216 valence electrons. The Morgan fingerprint density at radius 3 is 2.26 bits per heavy atom. The predicted octanol–water partition coefficient (Wildman–Crippen LogP) is 7.94. The third kappa shape index (κ3) is 4.81. The number of hydrogen-bond donors (Lipinski definition) is 0. The summed E-state index contributed by atoms with van der Waals surface area (Å²) >= 11 is 0. The monoisotopic (exact) mass is 558 g/mol. The molecule has 0 spiro atoms. The second kappa shape index (κ2) is 12.1. The lowest BCUT2D eigenvalue weighted by atomic mass is 9.68. The molecule has 0 N–H and O–H groups in total. The highest BCUT2D eigenvalue weighted by molar-refractivity contribution is 6.33. The number of rotatable bonds is 12. The molecule has 2 atom stereocenters. The number of aromatic nitrogens is 1. The highest BCUT2D eigenvalue weighted by atomic mass is 16.3. The highest BCUT2D eigenvalue weighted by Gasteiger charge is 2.49. The Morgan fingerprint density at radius 1 is 0.810 bits per heavy atom. The summed E-state index contributed by atoms with van der Waals surface area (Å²) in [5.41, 5.74) is 8.07. The van der Waals surface area contributed by atoms with Crippen LogP contribution in [0.5, 0.6) is 0 Å². The minimum Gasteiger partial charge on any atom is -0.874 e. The van der Waals surface area contributed by atoms with Gasteiger partial charge >= 0.3 is 0 Å². The van der Waals surface area contributed by atoms with E-state index < -0.39 is 5.92 Å². The molecular formula is C38H42N2O2. The molecule has 6 rings (SSSR count). The van der Waals surface area contributed by atoms with Crippen LogP contribution in [-0.4, -0.2) is 20.6 Å². The molecule has 3 aromatic carbocycles. The van der Waals surface area contributed by atoms with Crippen molar-refractivity contribution < 1.29 is 14.5 Å². The van der Waals surface area contributed by atoms with Crippen LogP contribution in [0.4, 0.5) is 5.69 Å². The van der Waals surface area contributed by atoms with E-state index in [9.17, 15) is 9.90 Å². The summed E-state index contributed by atoms with van der Waals surface area (Å²) in [4.78, 5) is 14.2. The molecule has 2 heterocycles. The van der Waals surface area contributed by atoms with Crippen LogP contribution in [0.2, 0.25) is 0 Å². The summed E-state index contributed by atoms with van der Waals surface area (Å²) in [6.07, 6.45) is 8.17. The van der Waals surface area contributed by atoms with Crippen molar-refractivity contribution in [1.29, 1.82) is 0 Å². The third-order valence-electron chi connectivity index (χ3n) is 9.42. The minimum absolute atomic E-state index is 0.00363. The Balaban J connectivity index is 1.38. The number of nitrogens with zero attached hydrogens (tertiary/aromatic N) is 2. The molecule has 0 saturated carbocycles. The van der Waals surface area contributed by atoms with Gasteiger partial charge in [-0.2, -0.15) is 4.58 Å². The van der Waals surface area contributed by atoms with E-state index in [1.165, 1.54) is 37.7 Å². The van der Waals surface area contributed by atoms with Crippen molar-refractivity contribution in [3.05, 3.63) is 107 Å². The van der Waals surface area contributed by atoms with E-state index in [1.54, 1.807) is 0 Å². The van der Waals surface area contributed by atoms with Crippen molar-refractivity contribution in [2.45, 2.75) is 84.7 Å². The zero-order valence-corrected chi connectivity index (χ0v) is 25.2. The lowest BCUT2D eigenvalue weighted by Gasteiger charge is -2.39. The van der Waals surface area contributed by atoms with Gasteiger partial charge in [0.2, 0.25) is 5.69 Å². The van der Waals surface area contributed by atoms with Crippen molar-refractivity contribution in [1.82, 2.24) is 4.57 Å². The summed E-state index contributed by atoms with van der Waals surface area (Å²) in [6, 6.07) is 27.0. The Hall–Kier alpha value is -3.92. The maximum Gasteiger partial charge on any atom is 0.209 e. The summed E-state index contributed by atoms with van der Waals surface area (Å²) in [5, 5.41) is 15.3. The van der Waals surface area contributed by atoms with Crippen molar-refractivity contribution in [2.24, 2.45) is 5.92 Å². The fourth-order valence-corrected chi connectivity index (χ4v) is 7.33. The maximum absolute atomic E-state index is 14.2. The Kier molecular flexibility index (Phi) is 8.15. The van der Waals surface area contributed by atoms with Crippen LogP contribution in [0.3, 0.4) is 0 Å². The number of fused-ring (bicyclic) bond motifs is 2. The molecular weight excluding hydrogens is 516 g/mol. The maximum atomic E-state index is 14.2. The van der Waals surface area contributed by atoms with Gasteiger partial charge in [-0.05, 0) is 25.8 Å². The van der Waals surface area contributed by atoms with E-state index in [2.05, 4.69) is 84.5 Å². The highest BCUT2D eigenvalue weighted by Crippen LogP contribution is 2.50. The van der Waals surface area contributed by atoms with Gasteiger partial charge in [0.25, 0.3) is 0 Å². The summed E-state index contributed by atoms with van der Waals surface area (Å²) in [7, 11) is 0.